The zero-order chi connectivity index (χ0) is 8.36. The quantitative estimate of drug-likeness (QED) is 0.401. The predicted octanol–water partition coefficient (Wildman–Crippen LogP) is -0.397. The molecule has 0 fully saturated rings. The summed E-state index contributed by atoms with van der Waals surface area (Å²) in [4.78, 5) is 0. The molecule has 4 nitrogen and oxygen atoms in total. The first-order chi connectivity index (χ1) is 5.41. The fourth-order valence-electron chi connectivity index (χ4n) is 0.627. The van der Waals surface area contributed by atoms with Crippen molar-refractivity contribution < 1.29 is 0 Å². The Morgan fingerprint density at radius 1 is 0.909 bits per heavy atom. The molecule has 0 unspecified atom stereocenters. The van der Waals surface area contributed by atoms with E-state index in [1.54, 1.807) is 0 Å². The molecule has 0 aliphatic rings. The largest absolute Gasteiger partial charge is 0.304 e. The Hall–Kier alpha value is -1.10. The first-order valence-electron chi connectivity index (χ1n) is 3.57. The van der Waals surface area contributed by atoms with Crippen LogP contribution < -0.4 is 10.6 Å². The van der Waals surface area contributed by atoms with E-state index in [9.17, 15) is 0 Å². The molecule has 0 aliphatic heterocycles. The third kappa shape index (κ3) is 8.90. The van der Waals surface area contributed by atoms with E-state index in [1.165, 1.54) is 0 Å². The van der Waals surface area contributed by atoms with Crippen LogP contribution in [0.5, 0.6) is 0 Å². The van der Waals surface area contributed by atoms with Gasteiger partial charge in [0.1, 0.15) is 0 Å². The van der Waals surface area contributed by atoms with Gasteiger partial charge in [-0.05, 0) is 19.5 Å². The summed E-state index contributed by atoms with van der Waals surface area (Å²) in [5.74, 6) is 0. The first kappa shape index (κ1) is 9.90. The molecule has 0 saturated heterocycles. The van der Waals surface area contributed by atoms with Gasteiger partial charge < -0.3 is 10.6 Å². The summed E-state index contributed by atoms with van der Waals surface area (Å²) >= 11 is 0. The second kappa shape index (κ2) is 8.90. The van der Waals surface area contributed by atoms with Crippen LogP contribution in [0.3, 0.4) is 0 Å². The lowest BCUT2D eigenvalue weighted by Gasteiger charge is -1.99. The fraction of sp³-hybridized carbons (Fsp3) is 0.714. The summed E-state index contributed by atoms with van der Waals surface area (Å²) in [6, 6.07) is 3.97. The molecule has 0 rings (SSSR count). The molecule has 60 valence electrons. The van der Waals surface area contributed by atoms with Gasteiger partial charge in [-0.15, -0.1) is 0 Å². The first-order valence-corrected chi connectivity index (χ1v) is 3.57. The Bertz CT molecular complexity index is 135. The molecule has 11 heavy (non-hydrogen) atoms. The zero-order valence-electron chi connectivity index (χ0n) is 6.43. The van der Waals surface area contributed by atoms with E-state index >= 15 is 0 Å². The standard InChI is InChI=1S/C7H12N4/c8-2-6-10-4-1-5-11-7-3-9/h10-11H,1,4-7H2. The van der Waals surface area contributed by atoms with Crippen LogP contribution in [0.15, 0.2) is 0 Å². The van der Waals surface area contributed by atoms with Crippen LogP contribution in [-0.4, -0.2) is 26.2 Å². The second-order valence-electron chi connectivity index (χ2n) is 2.02. The molecule has 0 radical (unpaired) electrons. The van der Waals surface area contributed by atoms with Gasteiger partial charge in [-0.2, -0.15) is 10.5 Å². The molecule has 0 saturated carbocycles. The van der Waals surface area contributed by atoms with Gasteiger partial charge in [0.2, 0.25) is 0 Å². The number of nitrogens with zero attached hydrogens (tertiary/aromatic N) is 2. The SMILES string of the molecule is N#CCNCCCNCC#N. The smallest absolute Gasteiger partial charge is 0.0840 e. The lowest BCUT2D eigenvalue weighted by atomic mass is 10.4. The summed E-state index contributed by atoms with van der Waals surface area (Å²) < 4.78 is 0. The van der Waals surface area contributed by atoms with Crippen molar-refractivity contribution in [3.63, 3.8) is 0 Å². The average molecular weight is 152 g/mol. The van der Waals surface area contributed by atoms with E-state index in [1.807, 2.05) is 12.1 Å². The molecule has 0 aromatic rings. The molecule has 4 heteroatoms. The molecule has 0 heterocycles. The van der Waals surface area contributed by atoms with Crippen LogP contribution in [0.4, 0.5) is 0 Å². The van der Waals surface area contributed by atoms with Gasteiger partial charge in [-0.3, -0.25) is 0 Å². The van der Waals surface area contributed by atoms with Crippen molar-refractivity contribution in [2.45, 2.75) is 6.42 Å². The van der Waals surface area contributed by atoms with E-state index in [2.05, 4.69) is 10.6 Å². The van der Waals surface area contributed by atoms with E-state index < -0.39 is 0 Å². The molecule has 0 spiro atoms. The maximum Gasteiger partial charge on any atom is 0.0840 e. The summed E-state index contributed by atoms with van der Waals surface area (Å²) in [5, 5.41) is 22.1. The van der Waals surface area contributed by atoms with Gasteiger partial charge in [-0.25, -0.2) is 0 Å². The Morgan fingerprint density at radius 2 is 1.36 bits per heavy atom. The Morgan fingerprint density at radius 3 is 1.73 bits per heavy atom. The molecule has 0 amide bonds. The highest BCUT2D eigenvalue weighted by molar-refractivity contribution is 4.74. The third-order valence-corrected chi connectivity index (χ3v) is 1.12. The minimum atomic E-state index is 0.401. The van der Waals surface area contributed by atoms with Crippen molar-refractivity contribution in [1.82, 2.24) is 10.6 Å². The Labute approximate surface area is 66.8 Å². The molecule has 0 aromatic heterocycles. The van der Waals surface area contributed by atoms with E-state index in [-0.39, 0.29) is 0 Å². The van der Waals surface area contributed by atoms with Crippen molar-refractivity contribution in [2.75, 3.05) is 26.2 Å². The van der Waals surface area contributed by atoms with Crippen molar-refractivity contribution in [2.24, 2.45) is 0 Å². The summed E-state index contributed by atoms with van der Waals surface area (Å²) in [6.07, 6.45) is 0.948. The lowest BCUT2D eigenvalue weighted by Crippen LogP contribution is -2.22. The Kier molecular flexibility index (Phi) is 8.01. The van der Waals surface area contributed by atoms with Crippen molar-refractivity contribution >= 4 is 0 Å². The molecule has 0 aromatic carbocycles. The summed E-state index contributed by atoms with van der Waals surface area (Å²) in [7, 11) is 0. The maximum absolute atomic E-state index is 8.14. The van der Waals surface area contributed by atoms with Gasteiger partial charge in [0, 0.05) is 0 Å². The van der Waals surface area contributed by atoms with Crippen LogP contribution in [0.1, 0.15) is 6.42 Å². The Balaban J connectivity index is 2.82. The van der Waals surface area contributed by atoms with Gasteiger partial charge >= 0.3 is 0 Å². The second-order valence-corrected chi connectivity index (χ2v) is 2.02. The molecule has 2 N–H and O–H groups in total. The molecular formula is C7H12N4. The maximum atomic E-state index is 8.14. The third-order valence-electron chi connectivity index (χ3n) is 1.12. The highest BCUT2D eigenvalue weighted by Gasteiger charge is 1.85. The summed E-state index contributed by atoms with van der Waals surface area (Å²) in [6.45, 7) is 2.45. The van der Waals surface area contributed by atoms with Crippen LogP contribution in [0.25, 0.3) is 0 Å². The van der Waals surface area contributed by atoms with Crippen molar-refractivity contribution in [3.05, 3.63) is 0 Å². The molecule has 0 aliphatic carbocycles. The molecule has 0 atom stereocenters. The minimum Gasteiger partial charge on any atom is -0.304 e. The number of nitrogens with one attached hydrogen (secondary N) is 2. The van der Waals surface area contributed by atoms with Crippen LogP contribution in [0, 0.1) is 22.7 Å². The van der Waals surface area contributed by atoms with E-state index in [4.69, 9.17) is 10.5 Å². The fourth-order valence-corrected chi connectivity index (χ4v) is 0.627. The molecule has 0 bridgehead atoms. The van der Waals surface area contributed by atoms with Crippen molar-refractivity contribution in [3.8, 4) is 12.1 Å². The van der Waals surface area contributed by atoms with Crippen LogP contribution in [-0.2, 0) is 0 Å². The summed E-state index contributed by atoms with van der Waals surface area (Å²) in [5.41, 5.74) is 0. The molecular weight excluding hydrogens is 140 g/mol. The number of rotatable bonds is 6. The van der Waals surface area contributed by atoms with Crippen LogP contribution >= 0.6 is 0 Å². The van der Waals surface area contributed by atoms with Gasteiger partial charge in [-0.1, -0.05) is 0 Å². The zero-order valence-corrected chi connectivity index (χ0v) is 6.43. The normalized spacial score (nSPS) is 8.55. The van der Waals surface area contributed by atoms with Crippen LogP contribution in [0.2, 0.25) is 0 Å². The van der Waals surface area contributed by atoms with E-state index in [0.717, 1.165) is 19.5 Å². The van der Waals surface area contributed by atoms with Gasteiger partial charge in [0.25, 0.3) is 0 Å². The number of nitriles is 2. The predicted molar refractivity (Wildman–Crippen MR) is 41.6 cm³/mol. The average Bonchev–Trinajstić information content (AvgIpc) is 2.03. The van der Waals surface area contributed by atoms with Gasteiger partial charge in [0.15, 0.2) is 0 Å². The number of hydrogen-bond donors (Lipinski definition) is 2. The highest BCUT2D eigenvalue weighted by atomic mass is 14.9. The van der Waals surface area contributed by atoms with E-state index in [0.29, 0.717) is 13.1 Å². The van der Waals surface area contributed by atoms with Crippen molar-refractivity contribution in [1.29, 1.82) is 10.5 Å². The topological polar surface area (TPSA) is 71.6 Å². The number of hydrogen-bond acceptors (Lipinski definition) is 4. The van der Waals surface area contributed by atoms with Gasteiger partial charge in [0.05, 0.1) is 25.2 Å². The lowest BCUT2D eigenvalue weighted by molar-refractivity contribution is 0.643. The monoisotopic (exact) mass is 152 g/mol. The highest BCUT2D eigenvalue weighted by Crippen LogP contribution is 1.71. The minimum absolute atomic E-state index is 0.401.